The van der Waals surface area contributed by atoms with E-state index in [4.69, 9.17) is 5.73 Å². The molecule has 3 nitrogen and oxygen atoms in total. The van der Waals surface area contributed by atoms with Crippen molar-refractivity contribution in [1.82, 2.24) is 9.97 Å². The molecule has 1 rings (SSSR count). The van der Waals surface area contributed by atoms with Gasteiger partial charge in [0.15, 0.2) is 0 Å². The van der Waals surface area contributed by atoms with Crippen LogP contribution in [0.3, 0.4) is 0 Å². The molecule has 0 aliphatic rings. The maximum absolute atomic E-state index is 6.07. The fourth-order valence-corrected chi connectivity index (χ4v) is 2.41. The maximum Gasteiger partial charge on any atom is 0.106 e. The van der Waals surface area contributed by atoms with E-state index >= 15 is 0 Å². The summed E-state index contributed by atoms with van der Waals surface area (Å²) in [6.07, 6.45) is 14.5. The average molecular weight is 265 g/mol. The molecular weight excluding hydrogens is 234 g/mol. The van der Waals surface area contributed by atoms with Crippen LogP contribution >= 0.6 is 0 Å². The van der Waals surface area contributed by atoms with Crippen molar-refractivity contribution in [3.63, 3.8) is 0 Å². The molecular formula is C16H31N3. The number of nitrogens with two attached hydrogens (primary N) is 1. The van der Waals surface area contributed by atoms with Gasteiger partial charge in [-0.05, 0) is 12.8 Å². The van der Waals surface area contributed by atoms with Gasteiger partial charge in [0.2, 0.25) is 0 Å². The normalized spacial score (nSPS) is 12.8. The largest absolute Gasteiger partial charge is 0.345 e. The average Bonchev–Trinajstić information content (AvgIpc) is 2.87. The Kier molecular flexibility index (Phi) is 8.55. The Balaban J connectivity index is 2.13. The summed E-state index contributed by atoms with van der Waals surface area (Å²) in [5, 5.41) is 0. The lowest BCUT2D eigenvalue weighted by molar-refractivity contribution is 0.584. The monoisotopic (exact) mass is 265 g/mol. The highest BCUT2D eigenvalue weighted by Gasteiger charge is 2.08. The number of aryl methyl sites for hydroxylation is 1. The fraction of sp³-hybridized carbons (Fsp3) is 0.812. The lowest BCUT2D eigenvalue weighted by Gasteiger charge is -2.06. The first-order chi connectivity index (χ1) is 9.27. The van der Waals surface area contributed by atoms with Crippen molar-refractivity contribution in [2.45, 2.75) is 84.1 Å². The topological polar surface area (TPSA) is 54.7 Å². The third-order valence-electron chi connectivity index (χ3n) is 3.66. The van der Waals surface area contributed by atoms with Crippen LogP contribution in [-0.4, -0.2) is 9.97 Å². The Labute approximate surface area is 118 Å². The van der Waals surface area contributed by atoms with Gasteiger partial charge in [-0.15, -0.1) is 0 Å². The minimum atomic E-state index is 0.125. The number of aromatic amines is 1. The molecule has 19 heavy (non-hydrogen) atoms. The van der Waals surface area contributed by atoms with Crippen LogP contribution in [0.4, 0.5) is 0 Å². The van der Waals surface area contributed by atoms with Crippen LogP contribution in [0.5, 0.6) is 0 Å². The predicted molar refractivity (Wildman–Crippen MR) is 82.1 cm³/mol. The van der Waals surface area contributed by atoms with Gasteiger partial charge in [0.25, 0.3) is 0 Å². The molecule has 1 atom stereocenters. The molecule has 1 aromatic rings. The van der Waals surface area contributed by atoms with E-state index in [1.54, 1.807) is 0 Å². The quantitative estimate of drug-likeness (QED) is 0.579. The summed E-state index contributed by atoms with van der Waals surface area (Å²) in [6.45, 7) is 4.42. The number of nitrogens with zero attached hydrogens (tertiary/aromatic N) is 1. The van der Waals surface area contributed by atoms with Crippen molar-refractivity contribution in [3.8, 4) is 0 Å². The molecule has 0 amide bonds. The molecule has 0 radical (unpaired) electrons. The molecule has 0 bridgehead atoms. The Hall–Kier alpha value is -0.830. The molecule has 0 aliphatic carbocycles. The Morgan fingerprint density at radius 3 is 2.42 bits per heavy atom. The van der Waals surface area contributed by atoms with E-state index in [1.165, 1.54) is 44.9 Å². The minimum Gasteiger partial charge on any atom is -0.345 e. The summed E-state index contributed by atoms with van der Waals surface area (Å²) in [4.78, 5) is 7.80. The lowest BCUT2D eigenvalue weighted by atomic mass is 10.1. The first kappa shape index (κ1) is 16.2. The SMILES string of the molecule is CCCCCCCCCc1ncc(C(N)CCC)[nH]1. The van der Waals surface area contributed by atoms with Crippen molar-refractivity contribution in [2.24, 2.45) is 5.73 Å². The predicted octanol–water partition coefficient (Wildman–Crippen LogP) is 4.50. The van der Waals surface area contributed by atoms with E-state index < -0.39 is 0 Å². The van der Waals surface area contributed by atoms with Crippen molar-refractivity contribution >= 4 is 0 Å². The number of aromatic nitrogens is 2. The van der Waals surface area contributed by atoms with E-state index in [2.05, 4.69) is 23.8 Å². The van der Waals surface area contributed by atoms with Gasteiger partial charge in [-0.2, -0.15) is 0 Å². The van der Waals surface area contributed by atoms with Crippen molar-refractivity contribution < 1.29 is 0 Å². The molecule has 0 fully saturated rings. The molecule has 3 N–H and O–H groups in total. The summed E-state index contributed by atoms with van der Waals surface area (Å²) in [7, 11) is 0. The standard InChI is InChI=1S/C16H31N3/c1-3-5-6-7-8-9-10-12-16-18-13-15(19-16)14(17)11-4-2/h13-14H,3-12,17H2,1-2H3,(H,18,19). The van der Waals surface area contributed by atoms with Gasteiger partial charge in [0.1, 0.15) is 5.82 Å². The van der Waals surface area contributed by atoms with Gasteiger partial charge in [-0.1, -0.05) is 58.8 Å². The lowest BCUT2D eigenvalue weighted by Crippen LogP contribution is -2.10. The second kappa shape index (κ2) is 10.0. The number of H-pyrrole nitrogens is 1. The van der Waals surface area contributed by atoms with Gasteiger partial charge in [0.05, 0.1) is 5.69 Å². The summed E-state index contributed by atoms with van der Waals surface area (Å²) >= 11 is 0. The number of nitrogens with one attached hydrogen (secondary N) is 1. The summed E-state index contributed by atoms with van der Waals surface area (Å²) in [5.74, 6) is 1.11. The zero-order valence-electron chi connectivity index (χ0n) is 12.8. The Bertz CT molecular complexity index is 320. The van der Waals surface area contributed by atoms with Gasteiger partial charge in [-0.3, -0.25) is 0 Å². The second-order valence-electron chi connectivity index (χ2n) is 5.55. The van der Waals surface area contributed by atoms with E-state index in [0.29, 0.717) is 0 Å². The zero-order valence-corrected chi connectivity index (χ0v) is 12.8. The highest BCUT2D eigenvalue weighted by molar-refractivity contribution is 5.06. The third-order valence-corrected chi connectivity index (χ3v) is 3.66. The molecule has 3 heteroatoms. The summed E-state index contributed by atoms with van der Waals surface area (Å²) < 4.78 is 0. The molecule has 0 aliphatic heterocycles. The van der Waals surface area contributed by atoms with E-state index in [-0.39, 0.29) is 6.04 Å². The van der Waals surface area contributed by atoms with Crippen LogP contribution in [0.2, 0.25) is 0 Å². The third kappa shape index (κ3) is 6.76. The Morgan fingerprint density at radius 1 is 1.05 bits per heavy atom. The molecule has 1 aromatic heterocycles. The highest BCUT2D eigenvalue weighted by atomic mass is 14.9. The van der Waals surface area contributed by atoms with E-state index in [0.717, 1.165) is 30.8 Å². The van der Waals surface area contributed by atoms with E-state index in [9.17, 15) is 0 Å². The van der Waals surface area contributed by atoms with E-state index in [1.807, 2.05) is 6.20 Å². The minimum absolute atomic E-state index is 0.125. The first-order valence-electron chi connectivity index (χ1n) is 8.07. The van der Waals surface area contributed by atoms with Crippen molar-refractivity contribution in [1.29, 1.82) is 0 Å². The Morgan fingerprint density at radius 2 is 1.74 bits per heavy atom. The molecule has 110 valence electrons. The maximum atomic E-state index is 6.07. The van der Waals surface area contributed by atoms with Gasteiger partial charge in [-0.25, -0.2) is 4.98 Å². The van der Waals surface area contributed by atoms with Gasteiger partial charge < -0.3 is 10.7 Å². The van der Waals surface area contributed by atoms with Gasteiger partial charge >= 0.3 is 0 Å². The number of unbranched alkanes of at least 4 members (excludes halogenated alkanes) is 6. The summed E-state index contributed by atoms with van der Waals surface area (Å²) in [5.41, 5.74) is 7.17. The molecule has 0 aromatic carbocycles. The highest BCUT2D eigenvalue weighted by Crippen LogP contribution is 2.14. The van der Waals surface area contributed by atoms with Crippen LogP contribution in [0.1, 0.15) is 89.2 Å². The summed E-state index contributed by atoms with van der Waals surface area (Å²) in [6, 6.07) is 0.125. The van der Waals surface area contributed by atoms with Crippen molar-refractivity contribution in [2.75, 3.05) is 0 Å². The van der Waals surface area contributed by atoms with Crippen LogP contribution < -0.4 is 5.73 Å². The number of imidazole rings is 1. The van der Waals surface area contributed by atoms with Crippen LogP contribution in [-0.2, 0) is 6.42 Å². The first-order valence-corrected chi connectivity index (χ1v) is 8.07. The number of rotatable bonds is 11. The van der Waals surface area contributed by atoms with Crippen LogP contribution in [0.25, 0.3) is 0 Å². The second-order valence-corrected chi connectivity index (χ2v) is 5.55. The number of hydrogen-bond donors (Lipinski definition) is 2. The van der Waals surface area contributed by atoms with Crippen LogP contribution in [0, 0.1) is 0 Å². The van der Waals surface area contributed by atoms with Crippen molar-refractivity contribution in [3.05, 3.63) is 17.7 Å². The molecule has 0 saturated heterocycles. The zero-order chi connectivity index (χ0) is 13.9. The van der Waals surface area contributed by atoms with Gasteiger partial charge in [0, 0.05) is 18.7 Å². The molecule has 0 saturated carbocycles. The molecule has 0 spiro atoms. The molecule has 1 unspecified atom stereocenters. The molecule has 1 heterocycles. The van der Waals surface area contributed by atoms with Crippen LogP contribution in [0.15, 0.2) is 6.20 Å². The fourth-order valence-electron chi connectivity index (χ4n) is 2.41. The number of hydrogen-bond acceptors (Lipinski definition) is 2. The smallest absolute Gasteiger partial charge is 0.106 e.